The van der Waals surface area contributed by atoms with Crippen LogP contribution in [0.1, 0.15) is 77.3 Å². The van der Waals surface area contributed by atoms with E-state index in [2.05, 4.69) is 23.0 Å². The highest BCUT2D eigenvalue weighted by Gasteiger charge is 2.61. The molecule has 2 aliphatic heterocycles. The molecule has 2 heterocycles. The van der Waals surface area contributed by atoms with E-state index in [1.807, 2.05) is 12.2 Å². The molecular formula is C38H47F2N5O8. The van der Waals surface area contributed by atoms with Gasteiger partial charge in [-0.15, -0.1) is 0 Å². The van der Waals surface area contributed by atoms with Gasteiger partial charge in [0.05, 0.1) is 13.1 Å². The van der Waals surface area contributed by atoms with Crippen molar-refractivity contribution in [3.05, 3.63) is 77.4 Å². The van der Waals surface area contributed by atoms with Gasteiger partial charge in [0.2, 0.25) is 11.8 Å². The van der Waals surface area contributed by atoms with Crippen molar-refractivity contribution in [3.8, 4) is 5.75 Å². The Morgan fingerprint density at radius 2 is 1.77 bits per heavy atom. The Morgan fingerprint density at radius 1 is 1.02 bits per heavy atom. The molecule has 15 heteroatoms. The van der Waals surface area contributed by atoms with E-state index in [0.717, 1.165) is 25.7 Å². The fourth-order valence-electron chi connectivity index (χ4n) is 6.45. The van der Waals surface area contributed by atoms with Gasteiger partial charge in [0.25, 0.3) is 5.91 Å². The number of hydrogen-bond acceptors (Lipinski definition) is 8. The van der Waals surface area contributed by atoms with Crippen LogP contribution in [0.3, 0.4) is 0 Å². The maximum atomic E-state index is 14.4. The topological polar surface area (TPSA) is 156 Å². The monoisotopic (exact) mass is 739 g/mol. The number of amides is 5. The second-order valence-corrected chi connectivity index (χ2v) is 14.6. The minimum absolute atomic E-state index is 0.00486. The summed E-state index contributed by atoms with van der Waals surface area (Å²) in [5.74, 6) is -3.11. The largest absolute Gasteiger partial charge is 0.444 e. The Balaban J connectivity index is 1.30. The lowest BCUT2D eigenvalue weighted by molar-refractivity contribution is -0.140. The molecule has 3 N–H and O–H groups in total. The maximum absolute atomic E-state index is 14.4. The number of carbonyl (C=O) groups is 5. The number of ether oxygens (including phenoxy) is 2. The molecule has 5 amide bonds. The van der Waals surface area contributed by atoms with Crippen LogP contribution in [0.15, 0.2) is 54.6 Å². The second kappa shape index (κ2) is 16.6. The number of unbranched alkanes of at least 4 members (excludes halogenated alkanes) is 3. The van der Waals surface area contributed by atoms with Gasteiger partial charge in [0, 0.05) is 24.4 Å². The third-order valence-corrected chi connectivity index (χ3v) is 9.30. The van der Waals surface area contributed by atoms with Crippen molar-refractivity contribution in [3.63, 3.8) is 0 Å². The average Bonchev–Trinajstić information content (AvgIpc) is 3.40. The van der Waals surface area contributed by atoms with Crippen LogP contribution in [-0.4, -0.2) is 76.1 Å². The van der Waals surface area contributed by atoms with Crippen molar-refractivity contribution < 1.29 is 47.1 Å². The summed E-state index contributed by atoms with van der Waals surface area (Å²) in [5, 5.41) is 5.25. The first kappa shape index (κ1) is 39.0. The zero-order valence-corrected chi connectivity index (χ0v) is 30.4. The number of nitrogens with one attached hydrogen (secondary N) is 3. The third kappa shape index (κ3) is 10.0. The quantitative estimate of drug-likeness (QED) is 0.147. The highest BCUT2D eigenvalue weighted by molar-refractivity contribution is 5.97. The minimum Gasteiger partial charge on any atom is -0.444 e. The molecule has 1 saturated carbocycles. The van der Waals surface area contributed by atoms with E-state index in [9.17, 15) is 32.8 Å². The van der Waals surface area contributed by atoms with Gasteiger partial charge >= 0.3 is 12.2 Å². The molecule has 0 unspecified atom stereocenters. The first-order valence-corrected chi connectivity index (χ1v) is 17.9. The van der Waals surface area contributed by atoms with Gasteiger partial charge < -0.3 is 29.8 Å². The van der Waals surface area contributed by atoms with Gasteiger partial charge in [-0.25, -0.2) is 18.4 Å². The number of benzene rings is 2. The molecule has 0 aromatic heterocycles. The van der Waals surface area contributed by atoms with Crippen molar-refractivity contribution >= 4 is 29.9 Å². The van der Waals surface area contributed by atoms with Crippen LogP contribution in [-0.2, 0) is 36.9 Å². The van der Waals surface area contributed by atoms with Gasteiger partial charge in [-0.3, -0.25) is 19.3 Å². The zero-order valence-electron chi connectivity index (χ0n) is 30.4. The summed E-state index contributed by atoms with van der Waals surface area (Å²) < 4.78 is 38.8. The van der Waals surface area contributed by atoms with Gasteiger partial charge in [0.15, 0.2) is 5.75 Å². The molecule has 4 atom stereocenters. The van der Waals surface area contributed by atoms with E-state index in [0.29, 0.717) is 11.1 Å². The lowest BCUT2D eigenvalue weighted by atomic mass is 10.1. The van der Waals surface area contributed by atoms with E-state index >= 15 is 0 Å². The number of rotatable bonds is 13. The molecule has 2 aromatic rings. The number of alkyl carbamates (subject to hydrolysis) is 1. The molecule has 0 spiro atoms. The molecule has 2 fully saturated rings. The molecule has 5 rings (SSSR count). The lowest BCUT2D eigenvalue weighted by Crippen LogP contribution is -2.56. The van der Waals surface area contributed by atoms with Crippen LogP contribution >= 0.6 is 0 Å². The molecule has 2 aromatic carbocycles. The van der Waals surface area contributed by atoms with Crippen molar-refractivity contribution in [2.45, 2.75) is 103 Å². The first-order chi connectivity index (χ1) is 25.2. The van der Waals surface area contributed by atoms with Crippen LogP contribution in [0.4, 0.5) is 18.4 Å². The lowest BCUT2D eigenvalue weighted by Gasteiger charge is -2.27. The van der Waals surface area contributed by atoms with Crippen molar-refractivity contribution in [2.24, 2.45) is 5.92 Å². The van der Waals surface area contributed by atoms with Crippen LogP contribution in [0, 0.1) is 17.6 Å². The Kier molecular flexibility index (Phi) is 12.2. The standard InChI is InChI=1S/C38H47F2N5O8/c1-5-6-7-8-9-12-25-19-38(25,34(48)43-53-27-16-14-26(39)15-17-27)42-33(47)31-18-28(22-45(31)32(46)20-41-35(49)52-37(2,3)4)51-36(50)44-21-24-11-10-13-30(40)29(24)23-44/h9-17,25,28,31H,5-8,18-23H2,1-4H3,(H,41,49)(H,42,47)(H,43,48)/b12-9-/t25-,28-,31+,38-/m1/s1. The molecule has 53 heavy (non-hydrogen) atoms. The summed E-state index contributed by atoms with van der Waals surface area (Å²) in [7, 11) is 0. The summed E-state index contributed by atoms with van der Waals surface area (Å²) in [4.78, 5) is 74.8. The average molecular weight is 740 g/mol. The molecule has 286 valence electrons. The van der Waals surface area contributed by atoms with E-state index < -0.39 is 77.3 Å². The van der Waals surface area contributed by atoms with Crippen LogP contribution in [0.5, 0.6) is 5.75 Å². The number of allylic oxidation sites excluding steroid dienone is 1. The third-order valence-electron chi connectivity index (χ3n) is 9.30. The summed E-state index contributed by atoms with van der Waals surface area (Å²) in [5.41, 5.74) is 1.17. The molecule has 0 bridgehead atoms. The predicted molar refractivity (Wildman–Crippen MR) is 188 cm³/mol. The minimum atomic E-state index is -1.43. The summed E-state index contributed by atoms with van der Waals surface area (Å²) in [6.45, 7) is 6.55. The number of halogens is 2. The molecule has 0 radical (unpaired) electrons. The molecular weight excluding hydrogens is 692 g/mol. The number of likely N-dealkylation sites (tertiary alicyclic amines) is 1. The number of hydroxylamine groups is 1. The maximum Gasteiger partial charge on any atom is 0.410 e. The number of hydrogen-bond donors (Lipinski definition) is 3. The molecule has 3 aliphatic rings. The first-order valence-electron chi connectivity index (χ1n) is 17.9. The van der Waals surface area contributed by atoms with Crippen LogP contribution in [0.2, 0.25) is 0 Å². The molecule has 1 aliphatic carbocycles. The zero-order chi connectivity index (χ0) is 38.3. The van der Waals surface area contributed by atoms with Crippen LogP contribution in [0.25, 0.3) is 0 Å². The predicted octanol–water partition coefficient (Wildman–Crippen LogP) is 5.03. The van der Waals surface area contributed by atoms with Gasteiger partial charge in [0.1, 0.15) is 41.5 Å². The second-order valence-electron chi connectivity index (χ2n) is 14.6. The van der Waals surface area contributed by atoms with Gasteiger partial charge in [-0.1, -0.05) is 44.1 Å². The smallest absolute Gasteiger partial charge is 0.410 e. The van der Waals surface area contributed by atoms with Crippen molar-refractivity contribution in [1.82, 2.24) is 25.9 Å². The van der Waals surface area contributed by atoms with Gasteiger partial charge in [-0.05, 0) is 75.9 Å². The fourth-order valence-corrected chi connectivity index (χ4v) is 6.45. The van der Waals surface area contributed by atoms with E-state index in [1.165, 1.54) is 40.1 Å². The highest BCUT2D eigenvalue weighted by Crippen LogP contribution is 2.45. The van der Waals surface area contributed by atoms with E-state index in [1.54, 1.807) is 32.9 Å². The van der Waals surface area contributed by atoms with Gasteiger partial charge in [-0.2, -0.15) is 5.48 Å². The summed E-state index contributed by atoms with van der Waals surface area (Å²) in [6, 6.07) is 8.44. The van der Waals surface area contributed by atoms with Crippen molar-refractivity contribution in [2.75, 3.05) is 13.1 Å². The number of fused-ring (bicyclic) bond motifs is 1. The van der Waals surface area contributed by atoms with E-state index in [-0.39, 0.29) is 38.2 Å². The number of nitrogens with zero attached hydrogens (tertiary/aromatic N) is 2. The Hall–Kier alpha value is -5.21. The summed E-state index contributed by atoms with van der Waals surface area (Å²) >= 11 is 0. The SMILES string of the molecule is CCCCC/C=C\[C@@H]1C[C@]1(NC(=O)[C@@H]1C[C@@H](OC(=O)N2Cc3cccc(F)c3C2)CN1C(=O)CNC(=O)OC(C)(C)C)C(=O)NOc1ccc(F)cc1. The van der Waals surface area contributed by atoms with Crippen LogP contribution < -0.4 is 21.0 Å². The Bertz CT molecular complexity index is 1710. The number of carbonyl (C=O) groups excluding carboxylic acids is 5. The normalized spacial score (nSPS) is 21.9. The highest BCUT2D eigenvalue weighted by atomic mass is 19.1. The summed E-state index contributed by atoms with van der Waals surface area (Å²) in [6.07, 6.45) is 5.32. The Labute approximate surface area is 307 Å². The van der Waals surface area contributed by atoms with E-state index in [4.69, 9.17) is 14.3 Å². The Morgan fingerprint density at radius 3 is 2.47 bits per heavy atom. The van der Waals surface area contributed by atoms with Crippen molar-refractivity contribution in [1.29, 1.82) is 0 Å². The fraction of sp³-hybridized carbons (Fsp3) is 0.500. The molecule has 1 saturated heterocycles. The molecule has 13 nitrogen and oxygen atoms in total.